The molecule has 0 fully saturated rings. The van der Waals surface area contributed by atoms with E-state index in [0.717, 1.165) is 25.4 Å². The molecule has 0 amide bonds. The third kappa shape index (κ3) is 3.52. The van der Waals surface area contributed by atoms with Gasteiger partial charge in [-0.25, -0.2) is 0 Å². The average Bonchev–Trinajstić information content (AvgIpc) is 2.69. The maximum Gasteiger partial charge on any atom is 0.117 e. The quantitative estimate of drug-likeness (QED) is 0.751. The Morgan fingerprint density at radius 1 is 1.57 bits per heavy atom. The van der Waals surface area contributed by atoms with Crippen molar-refractivity contribution in [3.63, 3.8) is 0 Å². The predicted octanol–water partition coefficient (Wildman–Crippen LogP) is 1.71. The number of nitrogens with one attached hydrogen (secondary N) is 1. The van der Waals surface area contributed by atoms with Crippen molar-refractivity contribution in [2.75, 3.05) is 20.1 Å². The summed E-state index contributed by atoms with van der Waals surface area (Å²) >= 11 is 0. The molecule has 1 rings (SSSR count). The lowest BCUT2D eigenvalue weighted by atomic mass is 10.3. The van der Waals surface area contributed by atoms with Gasteiger partial charge in [-0.15, -0.1) is 0 Å². The van der Waals surface area contributed by atoms with Gasteiger partial charge in [0.05, 0.1) is 12.8 Å². The van der Waals surface area contributed by atoms with E-state index >= 15 is 0 Å². The van der Waals surface area contributed by atoms with Crippen molar-refractivity contribution < 1.29 is 4.42 Å². The Labute approximate surface area is 86.1 Å². The zero-order valence-electron chi connectivity index (χ0n) is 9.29. The topological polar surface area (TPSA) is 28.4 Å². The van der Waals surface area contributed by atoms with Crippen LogP contribution in [-0.2, 0) is 6.54 Å². The highest BCUT2D eigenvalue weighted by atomic mass is 16.3. The molecule has 0 aromatic carbocycles. The third-order valence-electron chi connectivity index (χ3n) is 2.57. The van der Waals surface area contributed by atoms with Gasteiger partial charge >= 0.3 is 0 Å². The highest BCUT2D eigenvalue weighted by Crippen LogP contribution is 1.99. The van der Waals surface area contributed by atoms with Crippen LogP contribution in [0.25, 0.3) is 0 Å². The van der Waals surface area contributed by atoms with Crippen molar-refractivity contribution in [1.29, 1.82) is 0 Å². The monoisotopic (exact) mass is 196 g/mol. The van der Waals surface area contributed by atoms with Crippen LogP contribution in [0.5, 0.6) is 0 Å². The van der Waals surface area contributed by atoms with E-state index in [1.165, 1.54) is 0 Å². The normalized spacial score (nSPS) is 13.4. The summed E-state index contributed by atoms with van der Waals surface area (Å²) in [5.41, 5.74) is 0. The van der Waals surface area contributed by atoms with Crippen LogP contribution in [0.1, 0.15) is 19.6 Å². The summed E-state index contributed by atoms with van der Waals surface area (Å²) in [7, 11) is 2.14. The second-order valence-corrected chi connectivity index (χ2v) is 3.63. The smallest absolute Gasteiger partial charge is 0.117 e. The second kappa shape index (κ2) is 5.83. The molecule has 14 heavy (non-hydrogen) atoms. The summed E-state index contributed by atoms with van der Waals surface area (Å²) < 4.78 is 5.23. The molecule has 1 aromatic heterocycles. The molecular formula is C11H20N2O. The Kier molecular flexibility index (Phi) is 4.70. The fourth-order valence-electron chi connectivity index (χ4n) is 1.28. The van der Waals surface area contributed by atoms with Gasteiger partial charge in [-0.3, -0.25) is 0 Å². The molecule has 1 atom stereocenters. The van der Waals surface area contributed by atoms with Gasteiger partial charge in [0.2, 0.25) is 0 Å². The summed E-state index contributed by atoms with van der Waals surface area (Å²) in [6.07, 6.45) is 1.71. The Morgan fingerprint density at radius 3 is 2.93 bits per heavy atom. The molecule has 0 saturated carbocycles. The molecule has 1 heterocycles. The molecule has 1 unspecified atom stereocenters. The van der Waals surface area contributed by atoms with Gasteiger partial charge < -0.3 is 14.6 Å². The molecule has 1 N–H and O–H groups in total. The van der Waals surface area contributed by atoms with Crippen molar-refractivity contribution in [2.45, 2.75) is 26.4 Å². The van der Waals surface area contributed by atoms with Crippen LogP contribution in [0.4, 0.5) is 0 Å². The lowest BCUT2D eigenvalue weighted by Gasteiger charge is -2.22. The van der Waals surface area contributed by atoms with Crippen LogP contribution in [0.3, 0.4) is 0 Å². The minimum absolute atomic E-state index is 0.565. The van der Waals surface area contributed by atoms with Crippen molar-refractivity contribution in [3.8, 4) is 0 Å². The van der Waals surface area contributed by atoms with Crippen LogP contribution in [0, 0.1) is 0 Å². The van der Waals surface area contributed by atoms with Crippen molar-refractivity contribution in [1.82, 2.24) is 10.2 Å². The van der Waals surface area contributed by atoms with E-state index < -0.39 is 0 Å². The average molecular weight is 196 g/mol. The van der Waals surface area contributed by atoms with E-state index in [1.807, 2.05) is 12.1 Å². The third-order valence-corrected chi connectivity index (χ3v) is 2.57. The van der Waals surface area contributed by atoms with E-state index in [1.54, 1.807) is 6.26 Å². The Balaban J connectivity index is 2.15. The van der Waals surface area contributed by atoms with Crippen LogP contribution in [-0.4, -0.2) is 31.1 Å². The van der Waals surface area contributed by atoms with Crippen molar-refractivity contribution in [3.05, 3.63) is 24.2 Å². The van der Waals surface area contributed by atoms with E-state index in [0.29, 0.717) is 6.04 Å². The van der Waals surface area contributed by atoms with Crippen molar-refractivity contribution >= 4 is 0 Å². The van der Waals surface area contributed by atoms with E-state index in [4.69, 9.17) is 4.42 Å². The molecule has 0 bridgehead atoms. The van der Waals surface area contributed by atoms with E-state index in [-0.39, 0.29) is 0 Å². The number of rotatable bonds is 6. The maximum absolute atomic E-state index is 5.23. The van der Waals surface area contributed by atoms with Crippen molar-refractivity contribution in [2.24, 2.45) is 0 Å². The fraction of sp³-hybridized carbons (Fsp3) is 0.636. The summed E-state index contributed by atoms with van der Waals surface area (Å²) in [6, 6.07) is 4.47. The van der Waals surface area contributed by atoms with Crippen LogP contribution >= 0.6 is 0 Å². The predicted molar refractivity (Wildman–Crippen MR) is 58.2 cm³/mol. The molecule has 1 aromatic rings. The molecule has 0 aliphatic carbocycles. The Bertz CT molecular complexity index is 233. The lowest BCUT2D eigenvalue weighted by Crippen LogP contribution is -2.37. The molecule has 0 aliphatic rings. The first-order valence-corrected chi connectivity index (χ1v) is 5.17. The number of hydrogen-bond acceptors (Lipinski definition) is 3. The summed E-state index contributed by atoms with van der Waals surface area (Å²) in [4.78, 5) is 2.31. The van der Waals surface area contributed by atoms with Gasteiger partial charge in [-0.2, -0.15) is 0 Å². The first kappa shape index (κ1) is 11.3. The summed E-state index contributed by atoms with van der Waals surface area (Å²) in [5.74, 6) is 0.997. The standard InChI is InChI=1S/C11H20N2O/c1-4-13(3)10(2)8-12-9-11-6-5-7-14-11/h5-7,10,12H,4,8-9H2,1-3H3. The first-order valence-electron chi connectivity index (χ1n) is 5.17. The largest absolute Gasteiger partial charge is 0.468 e. The van der Waals surface area contributed by atoms with Gasteiger partial charge in [-0.1, -0.05) is 6.92 Å². The van der Waals surface area contributed by atoms with Crippen LogP contribution in [0.15, 0.2) is 22.8 Å². The van der Waals surface area contributed by atoms with Crippen LogP contribution in [0.2, 0.25) is 0 Å². The highest BCUT2D eigenvalue weighted by Gasteiger charge is 2.05. The van der Waals surface area contributed by atoms with Gasteiger partial charge in [0.1, 0.15) is 5.76 Å². The number of nitrogens with zero attached hydrogens (tertiary/aromatic N) is 1. The molecule has 0 spiro atoms. The number of furan rings is 1. The number of hydrogen-bond donors (Lipinski definition) is 1. The molecule has 0 aliphatic heterocycles. The zero-order valence-corrected chi connectivity index (χ0v) is 9.29. The van der Waals surface area contributed by atoms with E-state index in [2.05, 4.69) is 31.1 Å². The van der Waals surface area contributed by atoms with Gasteiger partial charge in [0, 0.05) is 12.6 Å². The summed E-state index contributed by atoms with van der Waals surface area (Å²) in [5, 5.41) is 3.37. The second-order valence-electron chi connectivity index (χ2n) is 3.63. The highest BCUT2D eigenvalue weighted by molar-refractivity contribution is 4.97. The van der Waals surface area contributed by atoms with Gasteiger partial charge in [0.25, 0.3) is 0 Å². The first-order chi connectivity index (χ1) is 6.74. The molecule has 80 valence electrons. The molecule has 3 heteroatoms. The maximum atomic E-state index is 5.23. The SMILES string of the molecule is CCN(C)C(C)CNCc1ccco1. The van der Waals surface area contributed by atoms with Crippen LogP contribution < -0.4 is 5.32 Å². The molecule has 0 radical (unpaired) electrons. The van der Waals surface area contributed by atoms with Gasteiger partial charge in [0.15, 0.2) is 0 Å². The molecule has 3 nitrogen and oxygen atoms in total. The summed E-state index contributed by atoms with van der Waals surface area (Å²) in [6.45, 7) is 7.28. The molecule has 0 saturated heterocycles. The lowest BCUT2D eigenvalue weighted by molar-refractivity contribution is 0.261. The Morgan fingerprint density at radius 2 is 2.36 bits per heavy atom. The molecular weight excluding hydrogens is 176 g/mol. The Hall–Kier alpha value is -0.800. The number of likely N-dealkylation sites (N-methyl/N-ethyl adjacent to an activating group) is 1. The minimum atomic E-state index is 0.565. The van der Waals surface area contributed by atoms with Gasteiger partial charge in [-0.05, 0) is 32.6 Å². The fourth-order valence-corrected chi connectivity index (χ4v) is 1.28. The van der Waals surface area contributed by atoms with E-state index in [9.17, 15) is 0 Å². The zero-order chi connectivity index (χ0) is 10.4. The minimum Gasteiger partial charge on any atom is -0.468 e.